The molecule has 0 saturated heterocycles. The molecule has 0 saturated carbocycles. The van der Waals surface area contributed by atoms with Gasteiger partial charge in [-0.1, -0.05) is 11.6 Å². The summed E-state index contributed by atoms with van der Waals surface area (Å²) in [5, 5.41) is 16.3. The van der Waals surface area contributed by atoms with E-state index in [9.17, 15) is 24.5 Å². The monoisotopic (exact) mass is 418 g/mol. The second kappa shape index (κ2) is 8.15. The summed E-state index contributed by atoms with van der Waals surface area (Å²) in [5.74, 6) is -1.08. The van der Waals surface area contributed by atoms with Gasteiger partial charge in [0.2, 0.25) is 11.8 Å². The molecule has 2 N–H and O–H groups in total. The lowest BCUT2D eigenvalue weighted by molar-refractivity contribution is -0.384. The number of nitrogens with one attached hydrogen (secondary N) is 2. The Labute approximate surface area is 169 Å². The maximum absolute atomic E-state index is 12.5. The van der Waals surface area contributed by atoms with Crippen LogP contribution >= 0.6 is 11.6 Å². The maximum Gasteiger partial charge on any atom is 0.271 e. The van der Waals surface area contributed by atoms with Crippen molar-refractivity contribution in [3.63, 3.8) is 0 Å². The molecule has 150 valence electrons. The van der Waals surface area contributed by atoms with Gasteiger partial charge < -0.3 is 15.4 Å². The van der Waals surface area contributed by atoms with Gasteiger partial charge in [-0.25, -0.2) is 0 Å². The molecule has 1 aliphatic heterocycles. The number of nitro benzene ring substituents is 1. The van der Waals surface area contributed by atoms with Gasteiger partial charge in [0.05, 0.1) is 21.3 Å². The first-order chi connectivity index (χ1) is 13.7. The minimum absolute atomic E-state index is 0.137. The molecule has 0 fully saturated rings. The van der Waals surface area contributed by atoms with Gasteiger partial charge in [0.15, 0.2) is 6.61 Å². The number of rotatable bonds is 5. The number of nitro groups is 1. The fourth-order valence-corrected chi connectivity index (χ4v) is 2.94. The maximum atomic E-state index is 12.5. The fourth-order valence-electron chi connectivity index (χ4n) is 2.71. The molecule has 0 atom stereocenters. The number of ether oxygens (including phenoxy) is 1. The van der Waals surface area contributed by atoms with Gasteiger partial charge in [-0.05, 0) is 24.3 Å². The van der Waals surface area contributed by atoms with E-state index in [1.54, 1.807) is 6.07 Å². The quantitative estimate of drug-likeness (QED) is 0.566. The van der Waals surface area contributed by atoms with Crippen LogP contribution in [0.5, 0.6) is 5.75 Å². The molecule has 0 aliphatic carbocycles. The Morgan fingerprint density at radius 3 is 2.66 bits per heavy atom. The molecule has 0 aromatic heterocycles. The number of carbonyl (C=O) groups is 3. The van der Waals surface area contributed by atoms with Crippen molar-refractivity contribution in [3.8, 4) is 5.75 Å². The second-order valence-electron chi connectivity index (χ2n) is 6.10. The van der Waals surface area contributed by atoms with Crippen LogP contribution in [0.15, 0.2) is 36.4 Å². The van der Waals surface area contributed by atoms with E-state index in [0.717, 1.165) is 4.90 Å². The van der Waals surface area contributed by atoms with Gasteiger partial charge in [-0.15, -0.1) is 0 Å². The van der Waals surface area contributed by atoms with Crippen LogP contribution in [0.25, 0.3) is 0 Å². The highest BCUT2D eigenvalue weighted by Gasteiger charge is 2.29. The third-order valence-corrected chi connectivity index (χ3v) is 4.27. The van der Waals surface area contributed by atoms with Crippen molar-refractivity contribution in [1.29, 1.82) is 0 Å². The summed E-state index contributed by atoms with van der Waals surface area (Å²) < 4.78 is 5.26. The predicted molar refractivity (Wildman–Crippen MR) is 105 cm³/mol. The highest BCUT2D eigenvalue weighted by molar-refractivity contribution is 6.34. The summed E-state index contributed by atoms with van der Waals surface area (Å²) in [6, 6.07) is 8.34. The summed E-state index contributed by atoms with van der Waals surface area (Å²) in [4.78, 5) is 47.3. The van der Waals surface area contributed by atoms with E-state index in [-0.39, 0.29) is 46.9 Å². The third kappa shape index (κ3) is 4.61. The zero-order valence-electron chi connectivity index (χ0n) is 15.1. The molecular weight excluding hydrogens is 404 g/mol. The van der Waals surface area contributed by atoms with Gasteiger partial charge >= 0.3 is 0 Å². The number of benzene rings is 2. The van der Waals surface area contributed by atoms with E-state index in [1.165, 1.54) is 37.3 Å². The van der Waals surface area contributed by atoms with E-state index in [1.807, 2.05) is 0 Å². The first-order valence-electron chi connectivity index (χ1n) is 8.33. The van der Waals surface area contributed by atoms with Gasteiger partial charge in [0, 0.05) is 24.7 Å². The average molecular weight is 419 g/mol. The number of halogens is 1. The largest absolute Gasteiger partial charge is 0.482 e. The van der Waals surface area contributed by atoms with E-state index >= 15 is 0 Å². The first kappa shape index (κ1) is 20.1. The molecule has 0 bridgehead atoms. The highest BCUT2D eigenvalue weighted by Crippen LogP contribution is 2.35. The lowest BCUT2D eigenvalue weighted by Crippen LogP contribution is -2.43. The van der Waals surface area contributed by atoms with Crippen LogP contribution in [0.1, 0.15) is 6.92 Å². The molecule has 1 heterocycles. The molecule has 3 amide bonds. The minimum Gasteiger partial charge on any atom is -0.482 e. The Balaban J connectivity index is 1.77. The lowest BCUT2D eigenvalue weighted by Gasteiger charge is -2.28. The molecule has 11 heteroatoms. The number of carbonyl (C=O) groups excluding carboxylic acids is 3. The number of hydrogen-bond acceptors (Lipinski definition) is 6. The Kier molecular flexibility index (Phi) is 5.64. The van der Waals surface area contributed by atoms with Gasteiger partial charge in [0.25, 0.3) is 11.6 Å². The molecule has 2 aromatic rings. The summed E-state index contributed by atoms with van der Waals surface area (Å²) in [6.07, 6.45) is 0. The van der Waals surface area contributed by atoms with Crippen molar-refractivity contribution in [3.05, 3.63) is 51.5 Å². The van der Waals surface area contributed by atoms with Crippen LogP contribution in [-0.2, 0) is 14.4 Å². The van der Waals surface area contributed by atoms with Gasteiger partial charge in [-0.3, -0.25) is 29.4 Å². The van der Waals surface area contributed by atoms with Crippen molar-refractivity contribution in [1.82, 2.24) is 0 Å². The van der Waals surface area contributed by atoms with E-state index < -0.39 is 16.7 Å². The Bertz CT molecular complexity index is 1030. The molecular formula is C18H15ClN4O6. The average Bonchev–Trinajstić information content (AvgIpc) is 2.65. The van der Waals surface area contributed by atoms with Crippen molar-refractivity contribution in [2.24, 2.45) is 0 Å². The number of non-ortho nitro benzene ring substituents is 1. The predicted octanol–water partition coefficient (Wildman–Crippen LogP) is 2.57. The van der Waals surface area contributed by atoms with Crippen LogP contribution in [0.2, 0.25) is 5.02 Å². The SMILES string of the molecule is CC(=O)Nc1ccc(NC(=O)CN2C(=O)COc3ccc([N+](=O)[O-])cc32)c(Cl)c1. The molecule has 0 spiro atoms. The second-order valence-corrected chi connectivity index (χ2v) is 6.51. The molecule has 1 aliphatic rings. The van der Waals surface area contributed by atoms with Crippen molar-refractivity contribution >= 4 is 52.1 Å². The third-order valence-electron chi connectivity index (χ3n) is 3.96. The first-order valence-corrected chi connectivity index (χ1v) is 8.71. The van der Waals surface area contributed by atoms with E-state index in [0.29, 0.717) is 5.69 Å². The molecule has 0 radical (unpaired) electrons. The van der Waals surface area contributed by atoms with Crippen LogP contribution in [0, 0.1) is 10.1 Å². The van der Waals surface area contributed by atoms with Crippen LogP contribution in [0.3, 0.4) is 0 Å². The molecule has 2 aromatic carbocycles. The van der Waals surface area contributed by atoms with Gasteiger partial charge in [0.1, 0.15) is 12.3 Å². The fraction of sp³-hybridized carbons (Fsp3) is 0.167. The molecule has 3 rings (SSSR count). The summed E-state index contributed by atoms with van der Waals surface area (Å²) in [5.41, 5.74) is 0.651. The Morgan fingerprint density at radius 1 is 1.24 bits per heavy atom. The van der Waals surface area contributed by atoms with Gasteiger partial charge in [-0.2, -0.15) is 0 Å². The topological polar surface area (TPSA) is 131 Å². The minimum atomic E-state index is -0.603. The number of hydrogen-bond donors (Lipinski definition) is 2. The van der Waals surface area contributed by atoms with E-state index in [2.05, 4.69) is 10.6 Å². The summed E-state index contributed by atoms with van der Waals surface area (Å²) >= 11 is 6.12. The lowest BCUT2D eigenvalue weighted by atomic mass is 10.2. The molecule has 29 heavy (non-hydrogen) atoms. The normalized spacial score (nSPS) is 12.6. The Morgan fingerprint density at radius 2 is 2.00 bits per heavy atom. The summed E-state index contributed by atoms with van der Waals surface area (Å²) in [6.45, 7) is 0.676. The van der Waals surface area contributed by atoms with Crippen LogP contribution in [0.4, 0.5) is 22.7 Å². The standard InChI is InChI=1S/C18H15ClN4O6/c1-10(24)20-11-2-4-14(13(19)6-11)21-17(25)8-22-15-7-12(23(27)28)3-5-16(15)29-9-18(22)26/h2-7H,8-9H2,1H3,(H,20,24)(H,21,25). The zero-order valence-corrected chi connectivity index (χ0v) is 15.9. The highest BCUT2D eigenvalue weighted by atomic mass is 35.5. The zero-order chi connectivity index (χ0) is 21.1. The van der Waals surface area contributed by atoms with Crippen molar-refractivity contribution in [2.75, 3.05) is 28.7 Å². The van der Waals surface area contributed by atoms with Crippen LogP contribution < -0.4 is 20.3 Å². The smallest absolute Gasteiger partial charge is 0.271 e. The number of fused-ring (bicyclic) bond motifs is 1. The number of anilines is 3. The number of amides is 3. The van der Waals surface area contributed by atoms with Crippen molar-refractivity contribution < 1.29 is 24.0 Å². The number of nitrogens with zero attached hydrogens (tertiary/aromatic N) is 2. The van der Waals surface area contributed by atoms with Crippen molar-refractivity contribution in [2.45, 2.75) is 6.92 Å². The Hall–Kier alpha value is -3.66. The molecule has 10 nitrogen and oxygen atoms in total. The summed E-state index contributed by atoms with van der Waals surface area (Å²) in [7, 11) is 0. The van der Waals surface area contributed by atoms with E-state index in [4.69, 9.17) is 16.3 Å². The van der Waals surface area contributed by atoms with Crippen LogP contribution in [-0.4, -0.2) is 35.8 Å². The molecule has 0 unspecified atom stereocenters.